The summed E-state index contributed by atoms with van der Waals surface area (Å²) in [6.45, 7) is 2.37. The number of carbonyl (C=O) groups is 1. The van der Waals surface area contributed by atoms with E-state index in [1.165, 1.54) is 0 Å². The van der Waals surface area contributed by atoms with Crippen LogP contribution in [0.1, 0.15) is 12.8 Å². The second kappa shape index (κ2) is 10.6. The second-order valence-electron chi connectivity index (χ2n) is 3.18. The molecule has 3 N–H and O–H groups in total. The Morgan fingerprint density at radius 3 is 2.47 bits per heavy atom. The van der Waals surface area contributed by atoms with E-state index in [4.69, 9.17) is 5.11 Å². The van der Waals surface area contributed by atoms with Crippen LogP contribution in [0.4, 0.5) is 0 Å². The van der Waals surface area contributed by atoms with Gasteiger partial charge in [0.2, 0.25) is 0 Å². The van der Waals surface area contributed by atoms with Gasteiger partial charge in [-0.25, -0.2) is 0 Å². The Kier molecular flexibility index (Phi) is 10.7. The molecule has 0 fully saturated rings. The zero-order valence-corrected chi connectivity index (χ0v) is 10.6. The van der Waals surface area contributed by atoms with Gasteiger partial charge in [0.05, 0.1) is 0 Å². The number of rotatable bonds is 10. The van der Waals surface area contributed by atoms with E-state index in [-0.39, 0.29) is 0 Å². The van der Waals surface area contributed by atoms with Crippen molar-refractivity contribution in [1.82, 2.24) is 10.6 Å². The summed E-state index contributed by atoms with van der Waals surface area (Å²) in [4.78, 5) is 10.7. The van der Waals surface area contributed by atoms with Crippen molar-refractivity contribution < 1.29 is 9.90 Å². The molecule has 0 bridgehead atoms. The standard InChI is InChI=1S/C9H20N2O2S2/c12-9(13)8(2-7-15)11-5-4-10-3-1-6-14/h8,10-11,14-15H,1-7H2,(H,12,13). The molecule has 0 saturated carbocycles. The largest absolute Gasteiger partial charge is 0.480 e. The van der Waals surface area contributed by atoms with Crippen LogP contribution in [0.3, 0.4) is 0 Å². The van der Waals surface area contributed by atoms with Crippen molar-refractivity contribution in [3.63, 3.8) is 0 Å². The Morgan fingerprint density at radius 1 is 1.20 bits per heavy atom. The van der Waals surface area contributed by atoms with E-state index in [9.17, 15) is 4.79 Å². The Labute approximate surface area is 102 Å². The lowest BCUT2D eigenvalue weighted by atomic mass is 10.2. The first-order valence-corrected chi connectivity index (χ1v) is 6.37. The number of hydrogen-bond acceptors (Lipinski definition) is 5. The molecule has 1 atom stereocenters. The average molecular weight is 252 g/mol. The number of aliphatic carboxylic acids is 1. The minimum atomic E-state index is -0.806. The van der Waals surface area contributed by atoms with E-state index in [1.54, 1.807) is 0 Å². The van der Waals surface area contributed by atoms with Crippen molar-refractivity contribution in [1.29, 1.82) is 0 Å². The van der Waals surface area contributed by atoms with E-state index in [0.29, 0.717) is 18.7 Å². The van der Waals surface area contributed by atoms with Gasteiger partial charge in [0.15, 0.2) is 0 Å². The Hall–Kier alpha value is 0.0900. The van der Waals surface area contributed by atoms with E-state index in [1.807, 2.05) is 0 Å². The van der Waals surface area contributed by atoms with E-state index < -0.39 is 12.0 Å². The third-order valence-electron chi connectivity index (χ3n) is 1.92. The number of carboxylic acids is 1. The monoisotopic (exact) mass is 252 g/mol. The predicted molar refractivity (Wildman–Crippen MR) is 69.2 cm³/mol. The van der Waals surface area contributed by atoms with Gasteiger partial charge in [-0.05, 0) is 30.9 Å². The maximum atomic E-state index is 10.7. The lowest BCUT2D eigenvalue weighted by Crippen LogP contribution is -2.40. The average Bonchev–Trinajstić information content (AvgIpc) is 2.21. The maximum absolute atomic E-state index is 10.7. The predicted octanol–water partition coefficient (Wildman–Crippen LogP) is 0.259. The van der Waals surface area contributed by atoms with Crippen molar-refractivity contribution in [2.75, 3.05) is 31.1 Å². The number of thiol groups is 2. The van der Waals surface area contributed by atoms with Crippen molar-refractivity contribution in [3.8, 4) is 0 Å². The highest BCUT2D eigenvalue weighted by molar-refractivity contribution is 7.80. The van der Waals surface area contributed by atoms with Crippen LogP contribution in [0.15, 0.2) is 0 Å². The van der Waals surface area contributed by atoms with Gasteiger partial charge in [0.1, 0.15) is 6.04 Å². The Morgan fingerprint density at radius 2 is 1.93 bits per heavy atom. The van der Waals surface area contributed by atoms with Crippen LogP contribution in [0.5, 0.6) is 0 Å². The van der Waals surface area contributed by atoms with Crippen LogP contribution in [-0.4, -0.2) is 48.3 Å². The lowest BCUT2D eigenvalue weighted by Gasteiger charge is -2.13. The van der Waals surface area contributed by atoms with Gasteiger partial charge in [-0.2, -0.15) is 25.3 Å². The molecule has 0 aliphatic heterocycles. The van der Waals surface area contributed by atoms with Gasteiger partial charge in [-0.1, -0.05) is 0 Å². The molecule has 0 rings (SSSR count). The molecule has 6 heteroatoms. The van der Waals surface area contributed by atoms with Crippen LogP contribution in [0.25, 0.3) is 0 Å². The van der Waals surface area contributed by atoms with Gasteiger partial charge < -0.3 is 15.7 Å². The van der Waals surface area contributed by atoms with E-state index in [0.717, 1.165) is 25.3 Å². The molecule has 0 aromatic carbocycles. The third kappa shape index (κ3) is 9.04. The summed E-state index contributed by atoms with van der Waals surface area (Å²) in [6.07, 6.45) is 1.58. The SMILES string of the molecule is O=C(O)C(CCS)NCCNCCCS. The third-order valence-corrected chi connectivity index (χ3v) is 2.49. The van der Waals surface area contributed by atoms with Gasteiger partial charge in [-0.3, -0.25) is 4.79 Å². The molecule has 0 radical (unpaired) electrons. The summed E-state index contributed by atoms with van der Waals surface area (Å²) < 4.78 is 0. The van der Waals surface area contributed by atoms with Gasteiger partial charge in [0, 0.05) is 13.1 Å². The van der Waals surface area contributed by atoms with Gasteiger partial charge >= 0.3 is 5.97 Å². The van der Waals surface area contributed by atoms with Crippen molar-refractivity contribution in [3.05, 3.63) is 0 Å². The molecular formula is C9H20N2O2S2. The smallest absolute Gasteiger partial charge is 0.320 e. The number of hydrogen-bond donors (Lipinski definition) is 5. The minimum absolute atomic E-state index is 0.478. The molecule has 0 amide bonds. The molecule has 0 aliphatic rings. The van der Waals surface area contributed by atoms with Crippen LogP contribution in [-0.2, 0) is 4.79 Å². The molecule has 0 aliphatic carbocycles. The molecule has 0 spiro atoms. The van der Waals surface area contributed by atoms with Gasteiger partial charge in [0.25, 0.3) is 0 Å². The zero-order chi connectivity index (χ0) is 11.5. The maximum Gasteiger partial charge on any atom is 0.320 e. The van der Waals surface area contributed by atoms with Crippen molar-refractivity contribution in [2.24, 2.45) is 0 Å². The summed E-state index contributed by atoms with van der Waals surface area (Å²) in [5.74, 6) is 0.647. The highest BCUT2D eigenvalue weighted by Gasteiger charge is 2.14. The second-order valence-corrected chi connectivity index (χ2v) is 4.08. The Bertz CT molecular complexity index is 170. The minimum Gasteiger partial charge on any atom is -0.480 e. The highest BCUT2D eigenvalue weighted by Crippen LogP contribution is 1.93. The fourth-order valence-corrected chi connectivity index (χ4v) is 1.52. The van der Waals surface area contributed by atoms with E-state index >= 15 is 0 Å². The zero-order valence-electron chi connectivity index (χ0n) is 8.78. The summed E-state index contributed by atoms with van der Waals surface area (Å²) in [5, 5.41) is 15.0. The molecule has 15 heavy (non-hydrogen) atoms. The quantitative estimate of drug-likeness (QED) is 0.286. The molecular weight excluding hydrogens is 232 g/mol. The van der Waals surface area contributed by atoms with E-state index in [2.05, 4.69) is 35.9 Å². The molecule has 0 saturated heterocycles. The molecule has 90 valence electrons. The topological polar surface area (TPSA) is 61.4 Å². The first kappa shape index (κ1) is 15.1. The molecule has 0 aromatic rings. The number of nitrogens with one attached hydrogen (secondary N) is 2. The first-order valence-electron chi connectivity index (χ1n) is 5.11. The van der Waals surface area contributed by atoms with Gasteiger partial charge in [-0.15, -0.1) is 0 Å². The normalized spacial score (nSPS) is 12.7. The van der Waals surface area contributed by atoms with Crippen LogP contribution >= 0.6 is 25.3 Å². The van der Waals surface area contributed by atoms with Crippen LogP contribution < -0.4 is 10.6 Å². The lowest BCUT2D eigenvalue weighted by molar-refractivity contribution is -0.139. The summed E-state index contributed by atoms with van der Waals surface area (Å²) >= 11 is 8.11. The summed E-state index contributed by atoms with van der Waals surface area (Å²) in [5.41, 5.74) is 0. The summed E-state index contributed by atoms with van der Waals surface area (Å²) in [6, 6.07) is -0.478. The summed E-state index contributed by atoms with van der Waals surface area (Å²) in [7, 11) is 0. The highest BCUT2D eigenvalue weighted by atomic mass is 32.1. The fourth-order valence-electron chi connectivity index (χ4n) is 1.11. The van der Waals surface area contributed by atoms with Crippen LogP contribution in [0.2, 0.25) is 0 Å². The molecule has 1 unspecified atom stereocenters. The molecule has 0 aromatic heterocycles. The van der Waals surface area contributed by atoms with Crippen molar-refractivity contribution in [2.45, 2.75) is 18.9 Å². The molecule has 4 nitrogen and oxygen atoms in total. The van der Waals surface area contributed by atoms with Crippen molar-refractivity contribution >= 4 is 31.2 Å². The Balaban J connectivity index is 3.41. The fraction of sp³-hybridized carbons (Fsp3) is 0.889. The van der Waals surface area contributed by atoms with Crippen LogP contribution in [0, 0.1) is 0 Å². The first-order chi connectivity index (χ1) is 7.22. The molecule has 0 heterocycles. The number of carboxylic acid groups (broad SMARTS) is 1.